The van der Waals surface area contributed by atoms with Crippen LogP contribution in [0.2, 0.25) is 0 Å². The van der Waals surface area contributed by atoms with Crippen LogP contribution in [0.15, 0.2) is 24.3 Å². The van der Waals surface area contributed by atoms with Gasteiger partial charge in [0.1, 0.15) is 0 Å². The highest BCUT2D eigenvalue weighted by molar-refractivity contribution is 6.05. The summed E-state index contributed by atoms with van der Waals surface area (Å²) < 4.78 is 0. The molecule has 24 heavy (non-hydrogen) atoms. The number of H-pyrrole nitrogens is 1. The maximum Gasteiger partial charge on any atom is 0.318 e. The number of fused-ring (bicyclic) bond motifs is 1. The van der Waals surface area contributed by atoms with Crippen LogP contribution in [0.25, 0.3) is 11.3 Å². The molecule has 0 unspecified atom stereocenters. The van der Waals surface area contributed by atoms with Gasteiger partial charge in [-0.25, -0.2) is 4.79 Å². The van der Waals surface area contributed by atoms with E-state index in [1.807, 2.05) is 31.0 Å². The molecule has 3 N–H and O–H groups in total. The van der Waals surface area contributed by atoms with Crippen molar-refractivity contribution in [3.63, 3.8) is 0 Å². The number of carbonyl (C=O) groups excluding carboxylic acids is 2. The number of carbonyl (C=O) groups is 2. The first-order valence-electron chi connectivity index (χ1n) is 7.60. The van der Waals surface area contributed by atoms with E-state index in [-0.39, 0.29) is 6.03 Å². The number of nitrogens with one attached hydrogen (secondary N) is 3. The third kappa shape index (κ3) is 2.82. The minimum absolute atomic E-state index is 0.109. The summed E-state index contributed by atoms with van der Waals surface area (Å²) in [4.78, 5) is 25.2. The second kappa shape index (κ2) is 6.46. The lowest BCUT2D eigenvalue weighted by molar-refractivity contribution is -0.111. The summed E-state index contributed by atoms with van der Waals surface area (Å²) in [6.45, 7) is 3.40. The van der Waals surface area contributed by atoms with Crippen molar-refractivity contribution < 1.29 is 9.59 Å². The number of nitrogens with zero attached hydrogens (tertiary/aromatic N) is 2. The highest BCUT2D eigenvalue weighted by Gasteiger charge is 2.29. The number of hydrogen-bond acceptors (Lipinski definition) is 3. The molecule has 2 heterocycles. The van der Waals surface area contributed by atoms with Crippen LogP contribution in [-0.4, -0.2) is 33.6 Å². The summed E-state index contributed by atoms with van der Waals surface area (Å²) in [6, 6.07) is 7.18. The Hall–Kier alpha value is -3.27. The summed E-state index contributed by atoms with van der Waals surface area (Å²) in [5.74, 6) is 1.52. The Bertz CT molecular complexity index is 834. The van der Waals surface area contributed by atoms with Crippen LogP contribution in [0.4, 0.5) is 10.5 Å². The van der Waals surface area contributed by atoms with Gasteiger partial charge < -0.3 is 15.5 Å². The molecule has 122 valence electrons. The van der Waals surface area contributed by atoms with E-state index in [0.717, 1.165) is 16.8 Å². The molecule has 7 heteroatoms. The molecular formula is C17H17N5O2. The van der Waals surface area contributed by atoms with Crippen molar-refractivity contribution in [1.82, 2.24) is 20.4 Å². The van der Waals surface area contributed by atoms with E-state index in [0.29, 0.717) is 31.0 Å². The average molecular weight is 323 g/mol. The van der Waals surface area contributed by atoms with Gasteiger partial charge in [-0.2, -0.15) is 5.10 Å². The Morgan fingerprint density at radius 1 is 1.38 bits per heavy atom. The Labute approximate surface area is 139 Å². The lowest BCUT2D eigenvalue weighted by Gasteiger charge is -2.16. The second-order valence-electron chi connectivity index (χ2n) is 5.36. The molecule has 1 aromatic carbocycles. The zero-order valence-electron chi connectivity index (χ0n) is 13.2. The Morgan fingerprint density at radius 3 is 2.92 bits per heavy atom. The molecule has 2 aromatic rings. The number of aromatic amines is 1. The molecule has 0 saturated carbocycles. The molecule has 0 fully saturated rings. The minimum atomic E-state index is -0.515. The molecule has 0 bridgehead atoms. The number of terminal acetylenes is 1. The SMILES string of the molecule is C#CC(=O)Nc1ccccc1-c1n[nH]c2c1CN(C(=O)NCC)C2. The predicted octanol–water partition coefficient (Wildman–Crippen LogP) is 1.69. The summed E-state index contributed by atoms with van der Waals surface area (Å²) in [5.41, 5.74) is 3.91. The Balaban J connectivity index is 1.91. The van der Waals surface area contributed by atoms with Crippen LogP contribution in [-0.2, 0) is 17.9 Å². The van der Waals surface area contributed by atoms with Crippen LogP contribution >= 0.6 is 0 Å². The molecule has 3 amide bonds. The van der Waals surface area contributed by atoms with E-state index in [1.54, 1.807) is 11.0 Å². The number of rotatable bonds is 3. The first-order chi connectivity index (χ1) is 11.6. The summed E-state index contributed by atoms with van der Waals surface area (Å²) >= 11 is 0. The van der Waals surface area contributed by atoms with Gasteiger partial charge in [-0.05, 0) is 18.9 Å². The number of anilines is 1. The summed E-state index contributed by atoms with van der Waals surface area (Å²) in [5, 5.41) is 12.8. The fraction of sp³-hybridized carbons (Fsp3) is 0.235. The molecule has 3 rings (SSSR count). The van der Waals surface area contributed by atoms with Crippen LogP contribution in [0.5, 0.6) is 0 Å². The van der Waals surface area contributed by atoms with E-state index in [4.69, 9.17) is 6.42 Å². The summed E-state index contributed by atoms with van der Waals surface area (Å²) in [7, 11) is 0. The highest BCUT2D eigenvalue weighted by Crippen LogP contribution is 2.34. The average Bonchev–Trinajstić information content (AvgIpc) is 3.16. The van der Waals surface area contributed by atoms with Crippen LogP contribution in [0.1, 0.15) is 18.2 Å². The Kier molecular flexibility index (Phi) is 4.20. The van der Waals surface area contributed by atoms with Gasteiger partial charge in [0.25, 0.3) is 5.91 Å². The number of aromatic nitrogens is 2. The lowest BCUT2D eigenvalue weighted by Crippen LogP contribution is -2.36. The molecule has 0 spiro atoms. The van der Waals surface area contributed by atoms with Gasteiger partial charge in [0.15, 0.2) is 0 Å². The molecule has 1 aliphatic heterocycles. The molecule has 0 aliphatic carbocycles. The summed E-state index contributed by atoms with van der Waals surface area (Å²) in [6.07, 6.45) is 5.12. The zero-order valence-corrected chi connectivity index (χ0v) is 13.2. The van der Waals surface area contributed by atoms with Crippen LogP contribution < -0.4 is 10.6 Å². The van der Waals surface area contributed by atoms with Gasteiger partial charge in [0, 0.05) is 17.7 Å². The maximum atomic E-state index is 12.0. The van der Waals surface area contributed by atoms with Crippen molar-refractivity contribution in [2.24, 2.45) is 0 Å². The first-order valence-corrected chi connectivity index (χ1v) is 7.60. The molecule has 1 aliphatic rings. The third-order valence-electron chi connectivity index (χ3n) is 3.83. The monoisotopic (exact) mass is 323 g/mol. The minimum Gasteiger partial charge on any atom is -0.338 e. The largest absolute Gasteiger partial charge is 0.338 e. The van der Waals surface area contributed by atoms with Gasteiger partial charge in [0.2, 0.25) is 0 Å². The number of amides is 3. The zero-order chi connectivity index (χ0) is 17.1. The van der Waals surface area contributed by atoms with Crippen molar-refractivity contribution in [3.05, 3.63) is 35.5 Å². The quantitative estimate of drug-likeness (QED) is 0.751. The lowest BCUT2D eigenvalue weighted by atomic mass is 10.0. The first kappa shape index (κ1) is 15.6. The van der Waals surface area contributed by atoms with E-state index < -0.39 is 5.91 Å². The van der Waals surface area contributed by atoms with E-state index in [2.05, 4.69) is 20.8 Å². The molecule has 7 nitrogen and oxygen atoms in total. The van der Waals surface area contributed by atoms with Crippen molar-refractivity contribution in [2.75, 3.05) is 11.9 Å². The van der Waals surface area contributed by atoms with Gasteiger partial charge >= 0.3 is 6.03 Å². The topological polar surface area (TPSA) is 90.1 Å². The van der Waals surface area contributed by atoms with Gasteiger partial charge in [-0.3, -0.25) is 9.89 Å². The molecule has 1 aromatic heterocycles. The molecule has 0 atom stereocenters. The number of benzene rings is 1. The second-order valence-corrected chi connectivity index (χ2v) is 5.36. The molecule has 0 saturated heterocycles. The van der Waals surface area contributed by atoms with E-state index in [1.165, 1.54) is 0 Å². The molecule has 0 radical (unpaired) electrons. The molecular weight excluding hydrogens is 306 g/mol. The van der Waals surface area contributed by atoms with Crippen molar-refractivity contribution in [1.29, 1.82) is 0 Å². The van der Waals surface area contributed by atoms with Crippen LogP contribution in [0, 0.1) is 12.3 Å². The van der Waals surface area contributed by atoms with Gasteiger partial charge in [0.05, 0.1) is 30.2 Å². The number of urea groups is 1. The number of para-hydroxylation sites is 1. The smallest absolute Gasteiger partial charge is 0.318 e. The normalized spacial score (nSPS) is 12.4. The van der Waals surface area contributed by atoms with Crippen molar-refractivity contribution >= 4 is 17.6 Å². The van der Waals surface area contributed by atoms with Crippen molar-refractivity contribution in [2.45, 2.75) is 20.0 Å². The van der Waals surface area contributed by atoms with E-state index >= 15 is 0 Å². The van der Waals surface area contributed by atoms with Gasteiger partial charge in [-0.15, -0.1) is 6.42 Å². The Morgan fingerprint density at radius 2 is 2.17 bits per heavy atom. The predicted molar refractivity (Wildman–Crippen MR) is 89.8 cm³/mol. The third-order valence-corrected chi connectivity index (χ3v) is 3.83. The van der Waals surface area contributed by atoms with Gasteiger partial charge in [-0.1, -0.05) is 18.2 Å². The number of hydrogen-bond donors (Lipinski definition) is 3. The van der Waals surface area contributed by atoms with E-state index in [9.17, 15) is 9.59 Å². The van der Waals surface area contributed by atoms with Crippen LogP contribution in [0.3, 0.4) is 0 Å². The fourth-order valence-electron chi connectivity index (χ4n) is 2.73. The fourth-order valence-corrected chi connectivity index (χ4v) is 2.73. The standard InChI is InChI=1S/C17H17N5O2/c1-3-15(23)19-13-8-6-5-7-11(13)16-12-9-22(17(24)18-4-2)10-14(12)20-21-16/h1,5-8H,4,9-10H2,2H3,(H,18,24)(H,19,23)(H,20,21). The highest BCUT2D eigenvalue weighted by atomic mass is 16.2. The van der Waals surface area contributed by atoms with Crippen molar-refractivity contribution in [3.8, 4) is 23.6 Å². The maximum absolute atomic E-state index is 12.0.